The molecule has 1 aromatic carbocycles. The lowest BCUT2D eigenvalue weighted by Crippen LogP contribution is -2.25. The van der Waals surface area contributed by atoms with Crippen LogP contribution in [0.4, 0.5) is 5.88 Å². The fourth-order valence-corrected chi connectivity index (χ4v) is 6.35. The van der Waals surface area contributed by atoms with E-state index in [9.17, 15) is 13.2 Å². The maximum absolute atomic E-state index is 13.1. The van der Waals surface area contributed by atoms with Crippen molar-refractivity contribution in [1.82, 2.24) is 14.3 Å². The Morgan fingerprint density at radius 3 is 2.50 bits per heavy atom. The second-order valence-electron chi connectivity index (χ2n) is 10.3. The van der Waals surface area contributed by atoms with E-state index in [1.807, 2.05) is 22.8 Å². The summed E-state index contributed by atoms with van der Waals surface area (Å²) in [6.07, 6.45) is 9.84. The van der Waals surface area contributed by atoms with Crippen molar-refractivity contribution in [3.05, 3.63) is 34.4 Å². The fourth-order valence-electron chi connectivity index (χ4n) is 5.93. The molecule has 1 unspecified atom stereocenters. The van der Waals surface area contributed by atoms with Crippen molar-refractivity contribution < 1.29 is 12.9 Å². The van der Waals surface area contributed by atoms with Gasteiger partial charge in [0.05, 0.1) is 28.5 Å². The van der Waals surface area contributed by atoms with Crippen LogP contribution in [0.15, 0.2) is 27.5 Å². The zero-order valence-electron chi connectivity index (χ0n) is 20.5. The van der Waals surface area contributed by atoms with Gasteiger partial charge in [-0.25, -0.2) is 17.5 Å². The molecule has 34 heavy (non-hydrogen) atoms. The number of benzene rings is 1. The number of hydrogen-bond donors (Lipinski definition) is 0. The van der Waals surface area contributed by atoms with Crippen LogP contribution in [0, 0.1) is 5.92 Å². The number of nitrogens with zero attached hydrogens (tertiary/aromatic N) is 4. The number of fused-ring (bicyclic) bond motifs is 1. The van der Waals surface area contributed by atoms with Crippen molar-refractivity contribution in [2.45, 2.75) is 70.3 Å². The first-order valence-electron chi connectivity index (χ1n) is 12.3. The number of aryl methyl sites for hydroxylation is 1. The maximum Gasteiger partial charge on any atom is 0.329 e. The highest BCUT2D eigenvalue weighted by molar-refractivity contribution is 7.92. The molecular formula is C25H34N4O4S. The summed E-state index contributed by atoms with van der Waals surface area (Å²) in [5, 5.41) is 4.42. The minimum atomic E-state index is -3.54. The molecule has 2 fully saturated rings. The van der Waals surface area contributed by atoms with Crippen molar-refractivity contribution >= 4 is 26.9 Å². The normalized spacial score (nSPS) is 22.0. The second kappa shape index (κ2) is 8.59. The number of aromatic nitrogens is 3. The third-order valence-corrected chi connectivity index (χ3v) is 9.04. The van der Waals surface area contributed by atoms with E-state index in [1.54, 1.807) is 11.6 Å². The Balaban J connectivity index is 1.69. The minimum Gasteiger partial charge on any atom is -0.337 e. The monoisotopic (exact) mass is 486 g/mol. The van der Waals surface area contributed by atoms with E-state index in [-0.39, 0.29) is 23.5 Å². The number of imidazole rings is 1. The first kappa shape index (κ1) is 23.2. The highest BCUT2D eigenvalue weighted by atomic mass is 32.2. The first-order valence-corrected chi connectivity index (χ1v) is 14.2. The van der Waals surface area contributed by atoms with Crippen LogP contribution >= 0.6 is 0 Å². The Kier molecular flexibility index (Phi) is 5.86. The van der Waals surface area contributed by atoms with E-state index in [0.717, 1.165) is 83.4 Å². The molecule has 0 saturated heterocycles. The molecular weight excluding hydrogens is 452 g/mol. The Morgan fingerprint density at radius 1 is 1.09 bits per heavy atom. The van der Waals surface area contributed by atoms with E-state index < -0.39 is 10.0 Å². The summed E-state index contributed by atoms with van der Waals surface area (Å²) in [5.74, 6) is 1.03. The lowest BCUT2D eigenvalue weighted by molar-refractivity contribution is 0.326. The van der Waals surface area contributed by atoms with Gasteiger partial charge in [0.25, 0.3) is 0 Å². The smallest absolute Gasteiger partial charge is 0.329 e. The van der Waals surface area contributed by atoms with Gasteiger partial charge in [-0.05, 0) is 49.3 Å². The molecule has 0 amide bonds. The van der Waals surface area contributed by atoms with Crippen LogP contribution in [0.1, 0.15) is 75.9 Å². The molecule has 2 aliphatic rings. The zero-order chi connectivity index (χ0) is 24.2. The molecule has 8 nitrogen and oxygen atoms in total. The van der Waals surface area contributed by atoms with Crippen molar-refractivity contribution in [2.75, 3.05) is 17.6 Å². The van der Waals surface area contributed by atoms with Crippen LogP contribution < -0.4 is 9.99 Å². The summed E-state index contributed by atoms with van der Waals surface area (Å²) in [6, 6.07) is 6.21. The van der Waals surface area contributed by atoms with E-state index in [4.69, 9.17) is 4.52 Å². The van der Waals surface area contributed by atoms with Gasteiger partial charge in [0, 0.05) is 26.1 Å². The molecule has 2 heterocycles. The van der Waals surface area contributed by atoms with Crippen LogP contribution in [0.5, 0.6) is 0 Å². The average molecular weight is 487 g/mol. The fraction of sp³-hybridized carbons (Fsp3) is 0.600. The van der Waals surface area contributed by atoms with Gasteiger partial charge in [-0.1, -0.05) is 43.8 Å². The number of sulfonamides is 1. The molecule has 2 aromatic heterocycles. The topological polar surface area (TPSA) is 90.3 Å². The van der Waals surface area contributed by atoms with E-state index in [0.29, 0.717) is 5.92 Å². The molecule has 0 bridgehead atoms. The largest absolute Gasteiger partial charge is 0.337 e. The molecule has 184 valence electrons. The molecule has 3 aromatic rings. The summed E-state index contributed by atoms with van der Waals surface area (Å²) < 4.78 is 35.3. The molecule has 0 radical (unpaired) electrons. The SMILES string of the molecule is C[C@@H]1CCCC(c2noc(N(C)S(C)(=O)=O)c2-c2ccc3c(c2)n(C)c(=O)n3C2CCCC2)C1. The van der Waals surface area contributed by atoms with E-state index in [1.165, 1.54) is 13.5 Å². The summed E-state index contributed by atoms with van der Waals surface area (Å²) in [7, 11) is -0.235. The van der Waals surface area contributed by atoms with Crippen LogP contribution in [0.2, 0.25) is 0 Å². The van der Waals surface area contributed by atoms with Crippen LogP contribution in [-0.2, 0) is 17.1 Å². The van der Waals surface area contributed by atoms with Crippen LogP contribution in [-0.4, -0.2) is 36.0 Å². The van der Waals surface area contributed by atoms with Gasteiger partial charge >= 0.3 is 5.69 Å². The van der Waals surface area contributed by atoms with Crippen molar-refractivity contribution in [3.63, 3.8) is 0 Å². The second-order valence-corrected chi connectivity index (χ2v) is 12.3. The number of rotatable bonds is 5. The predicted molar refractivity (Wildman–Crippen MR) is 134 cm³/mol. The lowest BCUT2D eigenvalue weighted by atomic mass is 9.79. The Labute approximate surface area is 200 Å². The van der Waals surface area contributed by atoms with E-state index in [2.05, 4.69) is 12.1 Å². The molecule has 0 N–H and O–H groups in total. The lowest BCUT2D eigenvalue weighted by Gasteiger charge is -2.26. The highest BCUT2D eigenvalue weighted by Crippen LogP contribution is 2.44. The standard InChI is InChI=1S/C25H34N4O4S/c1-16-8-7-9-18(14-16)23-22(24(33-26-23)28(3)34(4,31)32)17-12-13-20-21(15-17)27(2)25(30)29(20)19-10-5-6-11-19/h12-13,15-16,18-19H,5-11,14H2,1-4H3/t16-,18?/m1/s1. The van der Waals surface area contributed by atoms with Crippen LogP contribution in [0.25, 0.3) is 22.2 Å². The first-order chi connectivity index (χ1) is 16.2. The van der Waals surface area contributed by atoms with Gasteiger partial charge in [-0.2, -0.15) is 0 Å². The Bertz CT molecular complexity index is 1380. The van der Waals surface area contributed by atoms with Gasteiger partial charge in [0.2, 0.25) is 15.9 Å². The number of hydrogen-bond acceptors (Lipinski definition) is 5. The summed E-state index contributed by atoms with van der Waals surface area (Å²) in [6.45, 7) is 2.25. The van der Waals surface area contributed by atoms with Gasteiger partial charge in [0.15, 0.2) is 0 Å². The van der Waals surface area contributed by atoms with Crippen molar-refractivity contribution in [3.8, 4) is 11.1 Å². The average Bonchev–Trinajstić information content (AvgIpc) is 3.52. The predicted octanol–water partition coefficient (Wildman–Crippen LogP) is 4.80. The number of anilines is 1. The third-order valence-electron chi connectivity index (χ3n) is 7.87. The Hall–Kier alpha value is -2.55. The summed E-state index contributed by atoms with van der Waals surface area (Å²) in [4.78, 5) is 13.1. The molecule has 2 aliphatic carbocycles. The highest BCUT2D eigenvalue weighted by Gasteiger charge is 2.32. The summed E-state index contributed by atoms with van der Waals surface area (Å²) >= 11 is 0. The van der Waals surface area contributed by atoms with Gasteiger partial charge in [-0.15, -0.1) is 0 Å². The maximum atomic E-state index is 13.1. The minimum absolute atomic E-state index is 0.000764. The van der Waals surface area contributed by atoms with E-state index >= 15 is 0 Å². The molecule has 2 saturated carbocycles. The third kappa shape index (κ3) is 3.87. The Morgan fingerprint density at radius 2 is 1.82 bits per heavy atom. The molecule has 9 heteroatoms. The zero-order valence-corrected chi connectivity index (χ0v) is 21.3. The molecule has 2 atom stereocenters. The molecule has 0 spiro atoms. The molecule has 5 rings (SSSR count). The molecule has 0 aliphatic heterocycles. The summed E-state index contributed by atoms with van der Waals surface area (Å²) in [5.41, 5.74) is 4.12. The quantitative estimate of drug-likeness (QED) is 0.517. The van der Waals surface area contributed by atoms with Gasteiger partial charge in [0.1, 0.15) is 0 Å². The van der Waals surface area contributed by atoms with Crippen molar-refractivity contribution in [1.29, 1.82) is 0 Å². The van der Waals surface area contributed by atoms with Gasteiger partial charge < -0.3 is 4.52 Å². The van der Waals surface area contributed by atoms with Crippen molar-refractivity contribution in [2.24, 2.45) is 13.0 Å². The van der Waals surface area contributed by atoms with Gasteiger partial charge in [-0.3, -0.25) is 9.13 Å². The van der Waals surface area contributed by atoms with Crippen LogP contribution in [0.3, 0.4) is 0 Å².